The molecule has 0 aliphatic heterocycles. The molecule has 2 aromatic carbocycles. The van der Waals surface area contributed by atoms with Crippen molar-refractivity contribution in [3.8, 4) is 11.5 Å². The molecule has 0 radical (unpaired) electrons. The van der Waals surface area contributed by atoms with Crippen molar-refractivity contribution < 1.29 is 14.3 Å². The average molecular weight is 354 g/mol. The summed E-state index contributed by atoms with van der Waals surface area (Å²) < 4.78 is 10.5. The standard InChI is InChI=1S/C21H26N2O3/c1-23(2)13-12-22-17-7-5-6-16(14-17)8-10-20(24)19-15-18(25-3)9-11-21(19)26-4/h5-11,14-15,22H,12-13H2,1-4H3. The van der Waals surface area contributed by atoms with Gasteiger partial charge in [-0.25, -0.2) is 0 Å². The van der Waals surface area contributed by atoms with E-state index in [2.05, 4.69) is 10.2 Å². The number of nitrogens with zero attached hydrogens (tertiary/aromatic N) is 1. The zero-order valence-corrected chi connectivity index (χ0v) is 15.8. The van der Waals surface area contributed by atoms with Gasteiger partial charge in [0.1, 0.15) is 11.5 Å². The van der Waals surface area contributed by atoms with Crippen LogP contribution in [0.3, 0.4) is 0 Å². The molecule has 2 rings (SSSR count). The number of ketones is 1. The van der Waals surface area contributed by atoms with Gasteiger partial charge in [-0.3, -0.25) is 4.79 Å². The van der Waals surface area contributed by atoms with E-state index >= 15 is 0 Å². The number of benzene rings is 2. The van der Waals surface area contributed by atoms with Crippen molar-refractivity contribution >= 4 is 17.5 Å². The van der Waals surface area contributed by atoms with Gasteiger partial charge in [0.2, 0.25) is 0 Å². The van der Waals surface area contributed by atoms with Crippen LogP contribution in [0.15, 0.2) is 48.5 Å². The smallest absolute Gasteiger partial charge is 0.189 e. The Morgan fingerprint density at radius 3 is 2.62 bits per heavy atom. The van der Waals surface area contributed by atoms with Crippen LogP contribution in [-0.4, -0.2) is 52.1 Å². The molecule has 0 saturated heterocycles. The Bertz CT molecular complexity index is 770. The minimum absolute atomic E-state index is 0.133. The summed E-state index contributed by atoms with van der Waals surface area (Å²) in [5.74, 6) is 1.01. The fourth-order valence-corrected chi connectivity index (χ4v) is 2.44. The highest BCUT2D eigenvalue weighted by Crippen LogP contribution is 2.25. The molecule has 0 saturated carbocycles. The lowest BCUT2D eigenvalue weighted by Gasteiger charge is -2.11. The molecule has 1 N–H and O–H groups in total. The van der Waals surface area contributed by atoms with Crippen LogP contribution < -0.4 is 14.8 Å². The number of hydrogen-bond donors (Lipinski definition) is 1. The number of carbonyl (C=O) groups is 1. The number of methoxy groups -OCH3 is 2. The average Bonchev–Trinajstić information content (AvgIpc) is 2.65. The molecule has 0 aliphatic rings. The molecule has 26 heavy (non-hydrogen) atoms. The van der Waals surface area contributed by atoms with Crippen LogP contribution in [0.25, 0.3) is 6.08 Å². The number of likely N-dealkylation sites (N-methyl/N-ethyl adjacent to an activating group) is 1. The van der Waals surface area contributed by atoms with Crippen molar-refractivity contribution in [2.75, 3.05) is 46.7 Å². The molecule has 5 nitrogen and oxygen atoms in total. The van der Waals surface area contributed by atoms with E-state index in [0.29, 0.717) is 17.1 Å². The maximum atomic E-state index is 12.6. The number of carbonyl (C=O) groups excluding carboxylic acids is 1. The van der Waals surface area contributed by atoms with E-state index in [9.17, 15) is 4.79 Å². The molecular weight excluding hydrogens is 328 g/mol. The summed E-state index contributed by atoms with van der Waals surface area (Å²) in [6, 6.07) is 13.1. The lowest BCUT2D eigenvalue weighted by Crippen LogP contribution is -2.20. The number of hydrogen-bond acceptors (Lipinski definition) is 5. The van der Waals surface area contributed by atoms with Crippen molar-refractivity contribution in [1.29, 1.82) is 0 Å². The van der Waals surface area contributed by atoms with E-state index in [4.69, 9.17) is 9.47 Å². The van der Waals surface area contributed by atoms with Gasteiger partial charge in [-0.05, 0) is 56.1 Å². The summed E-state index contributed by atoms with van der Waals surface area (Å²) >= 11 is 0. The van der Waals surface area contributed by atoms with Gasteiger partial charge in [0.25, 0.3) is 0 Å². The third kappa shape index (κ3) is 5.63. The summed E-state index contributed by atoms with van der Waals surface area (Å²) in [6.07, 6.45) is 3.36. The zero-order valence-electron chi connectivity index (χ0n) is 15.8. The lowest BCUT2D eigenvalue weighted by atomic mass is 10.1. The first-order chi connectivity index (χ1) is 12.5. The Morgan fingerprint density at radius 1 is 1.12 bits per heavy atom. The molecule has 2 aromatic rings. The molecule has 0 spiro atoms. The molecule has 138 valence electrons. The van der Waals surface area contributed by atoms with E-state index < -0.39 is 0 Å². The van der Waals surface area contributed by atoms with Gasteiger partial charge in [0.15, 0.2) is 5.78 Å². The Morgan fingerprint density at radius 2 is 1.92 bits per heavy atom. The van der Waals surface area contributed by atoms with Crippen molar-refractivity contribution in [2.45, 2.75) is 0 Å². The SMILES string of the molecule is COc1ccc(OC)c(C(=O)C=Cc2cccc(NCCN(C)C)c2)c1. The molecule has 0 heterocycles. The highest BCUT2D eigenvalue weighted by molar-refractivity contribution is 6.08. The Balaban J connectivity index is 2.10. The largest absolute Gasteiger partial charge is 0.497 e. The quantitative estimate of drug-likeness (QED) is 0.551. The molecule has 0 fully saturated rings. The first-order valence-corrected chi connectivity index (χ1v) is 8.46. The van der Waals surface area contributed by atoms with E-state index in [1.807, 2.05) is 38.4 Å². The number of rotatable bonds is 9. The second-order valence-electron chi connectivity index (χ2n) is 6.12. The fourth-order valence-electron chi connectivity index (χ4n) is 2.44. The topological polar surface area (TPSA) is 50.8 Å². The zero-order chi connectivity index (χ0) is 18.9. The number of allylic oxidation sites excluding steroid dienone is 1. The van der Waals surface area contributed by atoms with Gasteiger partial charge < -0.3 is 19.7 Å². The van der Waals surface area contributed by atoms with Gasteiger partial charge in [-0.1, -0.05) is 18.2 Å². The number of nitrogens with one attached hydrogen (secondary N) is 1. The normalized spacial score (nSPS) is 11.0. The van der Waals surface area contributed by atoms with Gasteiger partial charge >= 0.3 is 0 Å². The predicted molar refractivity (Wildman–Crippen MR) is 106 cm³/mol. The monoisotopic (exact) mass is 354 g/mol. The molecule has 0 bridgehead atoms. The third-order valence-electron chi connectivity index (χ3n) is 3.87. The molecule has 0 aliphatic carbocycles. The van der Waals surface area contributed by atoms with E-state index in [0.717, 1.165) is 24.3 Å². The molecule has 5 heteroatoms. The van der Waals surface area contributed by atoms with Gasteiger partial charge in [0, 0.05) is 18.8 Å². The molecular formula is C21H26N2O3. The molecule has 0 aromatic heterocycles. The maximum absolute atomic E-state index is 12.6. The van der Waals surface area contributed by atoms with Gasteiger partial charge in [-0.2, -0.15) is 0 Å². The second kappa shape index (κ2) is 9.63. The number of ether oxygens (including phenoxy) is 2. The van der Waals surface area contributed by atoms with Crippen molar-refractivity contribution in [1.82, 2.24) is 4.90 Å². The lowest BCUT2D eigenvalue weighted by molar-refractivity contribution is 0.104. The maximum Gasteiger partial charge on any atom is 0.189 e. The third-order valence-corrected chi connectivity index (χ3v) is 3.87. The summed E-state index contributed by atoms with van der Waals surface area (Å²) in [6.45, 7) is 1.81. The Kier molecular flexibility index (Phi) is 7.24. The first kappa shape index (κ1) is 19.5. The highest BCUT2D eigenvalue weighted by Gasteiger charge is 2.11. The van der Waals surface area contributed by atoms with E-state index in [-0.39, 0.29) is 5.78 Å². The van der Waals surface area contributed by atoms with Crippen LogP contribution in [0.2, 0.25) is 0 Å². The predicted octanol–water partition coefficient (Wildman–Crippen LogP) is 3.57. The van der Waals surface area contributed by atoms with E-state index in [1.165, 1.54) is 0 Å². The van der Waals surface area contributed by atoms with Crippen molar-refractivity contribution in [2.24, 2.45) is 0 Å². The molecule has 0 unspecified atom stereocenters. The molecule has 0 amide bonds. The Hall–Kier alpha value is -2.79. The van der Waals surface area contributed by atoms with Crippen LogP contribution in [0, 0.1) is 0 Å². The van der Waals surface area contributed by atoms with Crippen LogP contribution >= 0.6 is 0 Å². The van der Waals surface area contributed by atoms with Crippen LogP contribution in [0.1, 0.15) is 15.9 Å². The van der Waals surface area contributed by atoms with Gasteiger partial charge in [0.05, 0.1) is 19.8 Å². The highest BCUT2D eigenvalue weighted by atomic mass is 16.5. The van der Waals surface area contributed by atoms with Crippen molar-refractivity contribution in [3.63, 3.8) is 0 Å². The Labute approximate surface area is 155 Å². The number of anilines is 1. The van der Waals surface area contributed by atoms with E-state index in [1.54, 1.807) is 44.6 Å². The van der Waals surface area contributed by atoms with Crippen molar-refractivity contribution in [3.05, 3.63) is 59.7 Å². The summed E-state index contributed by atoms with van der Waals surface area (Å²) in [5.41, 5.74) is 2.46. The minimum atomic E-state index is -0.133. The second-order valence-corrected chi connectivity index (χ2v) is 6.12. The van der Waals surface area contributed by atoms with Gasteiger partial charge in [-0.15, -0.1) is 0 Å². The molecule has 0 atom stereocenters. The summed E-state index contributed by atoms with van der Waals surface area (Å²) in [4.78, 5) is 14.7. The fraction of sp³-hybridized carbons (Fsp3) is 0.286. The van der Waals surface area contributed by atoms with Crippen LogP contribution in [0.5, 0.6) is 11.5 Å². The van der Waals surface area contributed by atoms with Crippen LogP contribution in [0.4, 0.5) is 5.69 Å². The summed E-state index contributed by atoms with van der Waals surface area (Å²) in [7, 11) is 7.20. The summed E-state index contributed by atoms with van der Waals surface area (Å²) in [5, 5.41) is 3.37. The van der Waals surface area contributed by atoms with Crippen LogP contribution in [-0.2, 0) is 0 Å². The first-order valence-electron chi connectivity index (χ1n) is 8.46. The minimum Gasteiger partial charge on any atom is -0.497 e.